The predicted molar refractivity (Wildman–Crippen MR) is 119 cm³/mol. The van der Waals surface area contributed by atoms with E-state index in [1.165, 1.54) is 0 Å². The molecular formula is C24H33N3O3. The summed E-state index contributed by atoms with van der Waals surface area (Å²) in [5, 5.41) is 13.2. The average molecular weight is 412 g/mol. The van der Waals surface area contributed by atoms with Gasteiger partial charge in [0, 0.05) is 30.8 Å². The smallest absolute Gasteiger partial charge is 0.253 e. The van der Waals surface area contributed by atoms with Gasteiger partial charge in [-0.3, -0.25) is 9.59 Å². The normalized spacial score (nSPS) is 12.8. The molecule has 0 aliphatic heterocycles. The van der Waals surface area contributed by atoms with Crippen LogP contribution in [0.15, 0.2) is 54.6 Å². The molecule has 0 bridgehead atoms. The fourth-order valence-corrected chi connectivity index (χ4v) is 3.40. The molecule has 0 aliphatic carbocycles. The minimum Gasteiger partial charge on any atom is -0.390 e. The zero-order chi connectivity index (χ0) is 21.9. The molecule has 4 N–H and O–H groups in total. The van der Waals surface area contributed by atoms with Crippen molar-refractivity contribution in [1.29, 1.82) is 0 Å². The topological polar surface area (TPSA) is 95.7 Å². The molecule has 0 saturated carbocycles. The second-order valence-electron chi connectivity index (χ2n) is 7.45. The zero-order valence-corrected chi connectivity index (χ0v) is 17.9. The van der Waals surface area contributed by atoms with E-state index in [4.69, 9.17) is 5.73 Å². The number of nitrogens with two attached hydrogens (primary N) is 1. The van der Waals surface area contributed by atoms with Gasteiger partial charge in [-0.05, 0) is 43.0 Å². The van der Waals surface area contributed by atoms with Gasteiger partial charge in [0.25, 0.3) is 11.8 Å². The summed E-state index contributed by atoms with van der Waals surface area (Å²) in [6, 6.07) is 15.8. The molecule has 0 saturated heterocycles. The molecule has 2 aromatic rings. The summed E-state index contributed by atoms with van der Waals surface area (Å²) < 4.78 is 0. The Bertz CT molecular complexity index is 804. The van der Waals surface area contributed by atoms with Crippen molar-refractivity contribution < 1.29 is 14.7 Å². The lowest BCUT2D eigenvalue weighted by Crippen LogP contribution is -2.47. The van der Waals surface area contributed by atoms with Gasteiger partial charge >= 0.3 is 0 Å². The fraction of sp³-hybridized carbons (Fsp3) is 0.417. The van der Waals surface area contributed by atoms with Crippen LogP contribution in [0.3, 0.4) is 0 Å². The molecule has 2 amide bonds. The highest BCUT2D eigenvalue weighted by Gasteiger charge is 2.22. The van der Waals surface area contributed by atoms with Crippen LogP contribution in [0.1, 0.15) is 53.0 Å². The van der Waals surface area contributed by atoms with E-state index in [1.807, 2.05) is 49.1 Å². The van der Waals surface area contributed by atoms with E-state index < -0.39 is 12.1 Å². The van der Waals surface area contributed by atoms with E-state index in [1.54, 1.807) is 24.3 Å². The van der Waals surface area contributed by atoms with Crippen molar-refractivity contribution in [1.82, 2.24) is 10.2 Å². The van der Waals surface area contributed by atoms with Crippen molar-refractivity contribution in [2.45, 2.75) is 45.3 Å². The van der Waals surface area contributed by atoms with Crippen LogP contribution < -0.4 is 11.1 Å². The number of nitrogens with zero attached hydrogens (tertiary/aromatic N) is 1. The number of nitrogens with one attached hydrogen (secondary N) is 1. The van der Waals surface area contributed by atoms with Crippen LogP contribution in [-0.4, -0.2) is 53.6 Å². The Hall–Kier alpha value is -2.70. The van der Waals surface area contributed by atoms with Crippen molar-refractivity contribution in [2.75, 3.05) is 19.6 Å². The molecule has 6 heteroatoms. The summed E-state index contributed by atoms with van der Waals surface area (Å²) in [7, 11) is 0. The highest BCUT2D eigenvalue weighted by Crippen LogP contribution is 2.12. The molecule has 2 aromatic carbocycles. The Morgan fingerprint density at radius 3 is 2.23 bits per heavy atom. The third kappa shape index (κ3) is 6.68. The van der Waals surface area contributed by atoms with Crippen LogP contribution >= 0.6 is 0 Å². The molecule has 0 aromatic heterocycles. The number of amides is 2. The third-order valence-corrected chi connectivity index (χ3v) is 4.97. The predicted octanol–water partition coefficient (Wildman–Crippen LogP) is 2.61. The van der Waals surface area contributed by atoms with Crippen LogP contribution in [0.25, 0.3) is 0 Å². The van der Waals surface area contributed by atoms with Gasteiger partial charge in [0.15, 0.2) is 0 Å². The van der Waals surface area contributed by atoms with Gasteiger partial charge in [-0.2, -0.15) is 0 Å². The van der Waals surface area contributed by atoms with Crippen LogP contribution in [0.2, 0.25) is 0 Å². The molecule has 162 valence electrons. The summed E-state index contributed by atoms with van der Waals surface area (Å²) in [5.74, 6) is -0.410. The van der Waals surface area contributed by atoms with E-state index in [9.17, 15) is 14.7 Å². The van der Waals surface area contributed by atoms with E-state index >= 15 is 0 Å². The Labute approximate surface area is 179 Å². The first kappa shape index (κ1) is 23.6. The molecule has 6 nitrogen and oxygen atoms in total. The minimum absolute atomic E-state index is 0.0410. The second kappa shape index (κ2) is 12.1. The number of aliphatic hydroxyl groups is 1. The first-order valence-electron chi connectivity index (χ1n) is 10.6. The summed E-state index contributed by atoms with van der Waals surface area (Å²) >= 11 is 0. The van der Waals surface area contributed by atoms with Gasteiger partial charge in [-0.15, -0.1) is 0 Å². The van der Waals surface area contributed by atoms with Gasteiger partial charge in [-0.25, -0.2) is 0 Å². The Balaban J connectivity index is 2.16. The number of hydrogen-bond donors (Lipinski definition) is 3. The van der Waals surface area contributed by atoms with Gasteiger partial charge in [0.1, 0.15) is 0 Å². The zero-order valence-electron chi connectivity index (χ0n) is 17.9. The quantitative estimate of drug-likeness (QED) is 0.530. The van der Waals surface area contributed by atoms with Gasteiger partial charge < -0.3 is 21.1 Å². The first-order valence-corrected chi connectivity index (χ1v) is 10.6. The highest BCUT2D eigenvalue weighted by atomic mass is 16.3. The lowest BCUT2D eigenvalue weighted by Gasteiger charge is -2.24. The summed E-state index contributed by atoms with van der Waals surface area (Å²) in [4.78, 5) is 27.5. The van der Waals surface area contributed by atoms with Crippen molar-refractivity contribution >= 4 is 11.8 Å². The maximum absolute atomic E-state index is 12.9. The molecular weight excluding hydrogens is 378 g/mol. The van der Waals surface area contributed by atoms with Crippen LogP contribution in [-0.2, 0) is 6.42 Å². The number of benzene rings is 2. The van der Waals surface area contributed by atoms with Crippen molar-refractivity contribution in [2.24, 2.45) is 5.73 Å². The Kier molecular flexibility index (Phi) is 9.51. The number of aliphatic hydroxyl groups excluding tert-OH is 1. The van der Waals surface area contributed by atoms with E-state index in [2.05, 4.69) is 5.32 Å². The summed E-state index contributed by atoms with van der Waals surface area (Å²) in [6.07, 6.45) is 1.35. The van der Waals surface area contributed by atoms with Crippen LogP contribution in [0.5, 0.6) is 0 Å². The minimum atomic E-state index is -0.872. The van der Waals surface area contributed by atoms with Crippen LogP contribution in [0.4, 0.5) is 0 Å². The summed E-state index contributed by atoms with van der Waals surface area (Å²) in [6.45, 7) is 5.49. The maximum atomic E-state index is 12.9. The van der Waals surface area contributed by atoms with Crippen molar-refractivity contribution in [3.63, 3.8) is 0 Å². The lowest BCUT2D eigenvalue weighted by atomic mass is 10.0. The van der Waals surface area contributed by atoms with E-state index in [0.717, 1.165) is 18.4 Å². The average Bonchev–Trinajstić information content (AvgIpc) is 2.78. The van der Waals surface area contributed by atoms with E-state index in [0.29, 0.717) is 30.6 Å². The molecule has 2 rings (SSSR count). The molecule has 0 aliphatic rings. The summed E-state index contributed by atoms with van der Waals surface area (Å²) in [5.41, 5.74) is 7.51. The Morgan fingerprint density at radius 2 is 1.63 bits per heavy atom. The molecule has 2 atom stereocenters. The van der Waals surface area contributed by atoms with Crippen molar-refractivity contribution in [3.05, 3.63) is 71.3 Å². The second-order valence-corrected chi connectivity index (χ2v) is 7.45. The van der Waals surface area contributed by atoms with Crippen LogP contribution in [0, 0.1) is 0 Å². The number of carbonyl (C=O) groups is 2. The molecule has 30 heavy (non-hydrogen) atoms. The molecule has 0 radical (unpaired) electrons. The number of carbonyl (C=O) groups excluding carboxylic acids is 2. The molecule has 0 fully saturated rings. The molecule has 1 unspecified atom stereocenters. The fourth-order valence-electron chi connectivity index (χ4n) is 3.40. The van der Waals surface area contributed by atoms with Gasteiger partial charge in [0.05, 0.1) is 12.1 Å². The largest absolute Gasteiger partial charge is 0.390 e. The lowest BCUT2D eigenvalue weighted by molar-refractivity contribution is 0.0755. The molecule has 0 heterocycles. The standard InChI is InChI=1S/C24H33N3O3/c1-3-13-27(14-4-2)24(30)20-12-8-11-19(16-20)23(29)26-21(22(28)17-25)15-18-9-6-5-7-10-18/h5-12,16,21-22,28H,3-4,13-15,17,25H2,1-2H3,(H,26,29)/t21-,22?/m0/s1. The maximum Gasteiger partial charge on any atom is 0.253 e. The SMILES string of the molecule is CCCN(CCC)C(=O)c1cccc(C(=O)N[C@@H](Cc2ccccc2)C(O)CN)c1. The van der Waals surface area contributed by atoms with E-state index in [-0.39, 0.29) is 18.4 Å². The Morgan fingerprint density at radius 1 is 1.00 bits per heavy atom. The third-order valence-electron chi connectivity index (χ3n) is 4.97. The monoisotopic (exact) mass is 411 g/mol. The van der Waals surface area contributed by atoms with Gasteiger partial charge in [0.2, 0.25) is 0 Å². The number of rotatable bonds is 11. The van der Waals surface area contributed by atoms with Gasteiger partial charge in [-0.1, -0.05) is 50.2 Å². The highest BCUT2D eigenvalue weighted by molar-refractivity contribution is 5.99. The first-order chi connectivity index (χ1) is 14.5. The van der Waals surface area contributed by atoms with Crippen molar-refractivity contribution in [3.8, 4) is 0 Å². The molecule has 0 spiro atoms. The number of hydrogen-bond acceptors (Lipinski definition) is 4.